The summed E-state index contributed by atoms with van der Waals surface area (Å²) in [5.74, 6) is 1.39. The molecule has 1 saturated heterocycles. The first-order chi connectivity index (χ1) is 17.6. The Morgan fingerprint density at radius 3 is 2.25 bits per heavy atom. The van der Waals surface area contributed by atoms with Gasteiger partial charge in [-0.15, -0.1) is 10.2 Å². The number of piperazine rings is 1. The molecule has 0 atom stereocenters. The van der Waals surface area contributed by atoms with Crippen molar-refractivity contribution in [3.8, 4) is 22.8 Å². The molecule has 0 bridgehead atoms. The number of amides is 1. The Labute approximate surface area is 212 Å². The zero-order valence-electron chi connectivity index (χ0n) is 19.7. The summed E-state index contributed by atoms with van der Waals surface area (Å²) in [6.45, 7) is 2.83. The summed E-state index contributed by atoms with van der Waals surface area (Å²) in [6, 6.07) is 17.8. The molecular weight excluding hydrogens is 479 g/mol. The highest BCUT2D eigenvalue weighted by atomic mass is 32.2. The minimum absolute atomic E-state index is 0.0495. The summed E-state index contributed by atoms with van der Waals surface area (Å²) >= 11 is 1.33. The molecule has 4 aromatic rings. The highest BCUT2D eigenvalue weighted by Gasteiger charge is 2.23. The van der Waals surface area contributed by atoms with Crippen LogP contribution in [0.25, 0.3) is 17.1 Å². The smallest absolute Gasteiger partial charge is 0.233 e. The van der Waals surface area contributed by atoms with Gasteiger partial charge in [0.15, 0.2) is 11.0 Å². The topological polar surface area (TPSA) is 76.4 Å². The number of hydrogen-bond donors (Lipinski definition) is 0. The number of thioether (sulfide) groups is 1. The lowest BCUT2D eigenvalue weighted by Gasteiger charge is -2.36. The number of benzene rings is 2. The molecule has 1 amide bonds. The molecule has 0 saturated carbocycles. The number of aromatic nitrogens is 4. The molecular formula is C26H25FN6O2S. The summed E-state index contributed by atoms with van der Waals surface area (Å²) < 4.78 is 20.6. The second kappa shape index (κ2) is 10.8. The third kappa shape index (κ3) is 5.18. The summed E-state index contributed by atoms with van der Waals surface area (Å²) in [4.78, 5) is 21.2. The predicted octanol–water partition coefficient (Wildman–Crippen LogP) is 3.92. The Morgan fingerprint density at radius 2 is 1.58 bits per heavy atom. The molecule has 1 aliphatic rings. The third-order valence-electron chi connectivity index (χ3n) is 6.05. The SMILES string of the molecule is COc1ccc(N2CCN(C(=O)CSc3nnc(-c4ccncc4)n3-c3ccc(F)cc3)CC2)cc1. The first-order valence-corrected chi connectivity index (χ1v) is 12.5. The third-order valence-corrected chi connectivity index (χ3v) is 6.97. The van der Waals surface area contributed by atoms with Crippen LogP contribution in [0.4, 0.5) is 10.1 Å². The van der Waals surface area contributed by atoms with Gasteiger partial charge in [0.05, 0.1) is 12.9 Å². The lowest BCUT2D eigenvalue weighted by atomic mass is 10.2. The van der Waals surface area contributed by atoms with E-state index in [-0.39, 0.29) is 17.5 Å². The molecule has 3 heterocycles. The Kier molecular flexibility index (Phi) is 7.13. The fourth-order valence-corrected chi connectivity index (χ4v) is 4.95. The van der Waals surface area contributed by atoms with Gasteiger partial charge in [0.1, 0.15) is 11.6 Å². The van der Waals surface area contributed by atoms with E-state index in [1.807, 2.05) is 45.9 Å². The van der Waals surface area contributed by atoms with E-state index < -0.39 is 0 Å². The molecule has 0 aliphatic carbocycles. The summed E-state index contributed by atoms with van der Waals surface area (Å²) in [5.41, 5.74) is 2.67. The number of carbonyl (C=O) groups is 1. The van der Waals surface area contributed by atoms with Crippen molar-refractivity contribution in [1.29, 1.82) is 0 Å². The molecule has 1 aliphatic heterocycles. The van der Waals surface area contributed by atoms with Crippen LogP contribution in [0.15, 0.2) is 78.2 Å². The van der Waals surface area contributed by atoms with Crippen LogP contribution >= 0.6 is 11.8 Å². The maximum atomic E-state index is 13.6. The number of nitrogens with zero attached hydrogens (tertiary/aromatic N) is 6. The summed E-state index contributed by atoms with van der Waals surface area (Å²) in [5, 5.41) is 9.28. The molecule has 36 heavy (non-hydrogen) atoms. The molecule has 10 heteroatoms. The molecule has 2 aromatic carbocycles. The van der Waals surface area contributed by atoms with Crippen LogP contribution in [0, 0.1) is 5.82 Å². The number of halogens is 1. The van der Waals surface area contributed by atoms with Crippen molar-refractivity contribution < 1.29 is 13.9 Å². The van der Waals surface area contributed by atoms with E-state index in [1.54, 1.807) is 31.6 Å². The standard InChI is InChI=1S/C26H25FN6O2S/c1-35-23-8-6-21(7-9-23)31-14-16-32(17-15-31)24(34)18-36-26-30-29-25(19-10-12-28-13-11-19)33(26)22-4-2-20(27)3-5-22/h2-13H,14-18H2,1H3. The van der Waals surface area contributed by atoms with Crippen molar-refractivity contribution in [3.05, 3.63) is 78.9 Å². The van der Waals surface area contributed by atoms with Crippen LogP contribution < -0.4 is 9.64 Å². The van der Waals surface area contributed by atoms with Crippen LogP contribution in [0.5, 0.6) is 5.75 Å². The van der Waals surface area contributed by atoms with Crippen LogP contribution in [0.2, 0.25) is 0 Å². The van der Waals surface area contributed by atoms with Gasteiger partial charge in [-0.2, -0.15) is 0 Å². The van der Waals surface area contributed by atoms with Crippen LogP contribution in [0.1, 0.15) is 0 Å². The second-order valence-corrected chi connectivity index (χ2v) is 9.15. The fourth-order valence-electron chi connectivity index (χ4n) is 4.10. The largest absolute Gasteiger partial charge is 0.497 e. The van der Waals surface area contributed by atoms with Gasteiger partial charge in [0.25, 0.3) is 0 Å². The highest BCUT2D eigenvalue weighted by molar-refractivity contribution is 7.99. The number of rotatable bonds is 7. The maximum Gasteiger partial charge on any atom is 0.233 e. The molecule has 8 nitrogen and oxygen atoms in total. The van der Waals surface area contributed by atoms with Gasteiger partial charge in [0, 0.05) is 55.5 Å². The fraction of sp³-hybridized carbons (Fsp3) is 0.231. The van der Waals surface area contributed by atoms with Gasteiger partial charge in [-0.1, -0.05) is 11.8 Å². The van der Waals surface area contributed by atoms with Crippen molar-refractivity contribution in [2.45, 2.75) is 5.16 Å². The van der Waals surface area contributed by atoms with Gasteiger partial charge < -0.3 is 14.5 Å². The van der Waals surface area contributed by atoms with Crippen molar-refractivity contribution in [2.24, 2.45) is 0 Å². The molecule has 0 radical (unpaired) electrons. The Balaban J connectivity index is 1.26. The van der Waals surface area contributed by atoms with Crippen LogP contribution in [-0.2, 0) is 4.79 Å². The van der Waals surface area contributed by atoms with Crippen molar-refractivity contribution >= 4 is 23.4 Å². The Morgan fingerprint density at radius 1 is 0.917 bits per heavy atom. The van der Waals surface area contributed by atoms with E-state index in [0.717, 1.165) is 35.8 Å². The number of ether oxygens (including phenoxy) is 1. The van der Waals surface area contributed by atoms with Gasteiger partial charge in [0.2, 0.25) is 5.91 Å². The number of hydrogen-bond acceptors (Lipinski definition) is 7. The average Bonchev–Trinajstić information content (AvgIpc) is 3.37. The van der Waals surface area contributed by atoms with Crippen molar-refractivity contribution in [2.75, 3.05) is 43.9 Å². The van der Waals surface area contributed by atoms with E-state index in [4.69, 9.17) is 4.74 Å². The molecule has 0 spiro atoms. The summed E-state index contributed by atoms with van der Waals surface area (Å²) in [6.07, 6.45) is 3.36. The van der Waals surface area contributed by atoms with Crippen LogP contribution in [0.3, 0.4) is 0 Å². The molecule has 5 rings (SSSR count). The van der Waals surface area contributed by atoms with E-state index in [9.17, 15) is 9.18 Å². The highest BCUT2D eigenvalue weighted by Crippen LogP contribution is 2.28. The normalized spacial score (nSPS) is 13.6. The minimum atomic E-state index is -0.324. The lowest BCUT2D eigenvalue weighted by molar-refractivity contribution is -0.128. The van der Waals surface area contributed by atoms with Gasteiger partial charge in [-0.25, -0.2) is 4.39 Å². The van der Waals surface area contributed by atoms with E-state index >= 15 is 0 Å². The molecule has 0 unspecified atom stereocenters. The average molecular weight is 505 g/mol. The second-order valence-electron chi connectivity index (χ2n) is 8.21. The minimum Gasteiger partial charge on any atom is -0.497 e. The molecule has 2 aromatic heterocycles. The van der Waals surface area contributed by atoms with Gasteiger partial charge in [-0.3, -0.25) is 14.3 Å². The van der Waals surface area contributed by atoms with Crippen molar-refractivity contribution in [1.82, 2.24) is 24.6 Å². The maximum absolute atomic E-state index is 13.6. The number of pyridine rings is 1. The first kappa shape index (κ1) is 23.8. The number of anilines is 1. The van der Waals surface area contributed by atoms with E-state index in [0.29, 0.717) is 24.1 Å². The Hall–Kier alpha value is -3.92. The number of carbonyl (C=O) groups excluding carboxylic acids is 1. The predicted molar refractivity (Wildman–Crippen MR) is 137 cm³/mol. The molecule has 1 fully saturated rings. The quantitative estimate of drug-likeness (QED) is 0.353. The van der Waals surface area contributed by atoms with E-state index in [2.05, 4.69) is 20.1 Å². The molecule has 184 valence electrons. The molecule has 0 N–H and O–H groups in total. The zero-order chi connectivity index (χ0) is 24.9. The number of methoxy groups -OCH3 is 1. The van der Waals surface area contributed by atoms with Gasteiger partial charge >= 0.3 is 0 Å². The van der Waals surface area contributed by atoms with Crippen molar-refractivity contribution in [3.63, 3.8) is 0 Å². The first-order valence-electron chi connectivity index (χ1n) is 11.5. The monoisotopic (exact) mass is 504 g/mol. The van der Waals surface area contributed by atoms with Gasteiger partial charge in [-0.05, 0) is 60.7 Å². The summed E-state index contributed by atoms with van der Waals surface area (Å²) in [7, 11) is 1.65. The van der Waals surface area contributed by atoms with Crippen LogP contribution in [-0.4, -0.2) is 69.6 Å². The zero-order valence-corrected chi connectivity index (χ0v) is 20.6. The van der Waals surface area contributed by atoms with E-state index in [1.165, 1.54) is 23.9 Å². The lowest BCUT2D eigenvalue weighted by Crippen LogP contribution is -2.49. The Bertz CT molecular complexity index is 1310.